The standard InChI is InChI=1S/C23H24ClN3O5S/c1-32-22(28)14-20(16-6-8-19(24)9-7-16)26-23(29)17-10-12-27(13-11-17)33(30,31)21-5-3-2-4-18(21)15-25/h2-9,17,20H,10-14H2,1H3,(H,26,29). The Labute approximate surface area is 198 Å². The summed E-state index contributed by atoms with van der Waals surface area (Å²) < 4.78 is 32.1. The third-order valence-electron chi connectivity index (χ3n) is 5.64. The fraction of sp³-hybridized carbons (Fsp3) is 0.348. The van der Waals surface area contributed by atoms with Crippen molar-refractivity contribution in [1.29, 1.82) is 5.26 Å². The number of piperidine rings is 1. The van der Waals surface area contributed by atoms with Gasteiger partial charge in [-0.05, 0) is 42.7 Å². The molecule has 1 fully saturated rings. The minimum absolute atomic E-state index is 0.0312. The summed E-state index contributed by atoms with van der Waals surface area (Å²) in [5, 5.41) is 12.7. The summed E-state index contributed by atoms with van der Waals surface area (Å²) in [6.07, 6.45) is 0.610. The van der Waals surface area contributed by atoms with E-state index in [0.717, 1.165) is 0 Å². The summed E-state index contributed by atoms with van der Waals surface area (Å²) in [6.45, 7) is 0.311. The Hall–Kier alpha value is -2.93. The second-order valence-electron chi connectivity index (χ2n) is 7.68. The van der Waals surface area contributed by atoms with Gasteiger partial charge in [0.1, 0.15) is 6.07 Å². The Morgan fingerprint density at radius 1 is 1.18 bits per heavy atom. The van der Waals surface area contributed by atoms with Gasteiger partial charge in [0.05, 0.1) is 30.0 Å². The molecular weight excluding hydrogens is 466 g/mol. The third-order valence-corrected chi connectivity index (χ3v) is 7.85. The third kappa shape index (κ3) is 5.90. The van der Waals surface area contributed by atoms with Gasteiger partial charge < -0.3 is 10.1 Å². The summed E-state index contributed by atoms with van der Waals surface area (Å²) in [6, 6.07) is 14.2. The van der Waals surface area contributed by atoms with Crippen molar-refractivity contribution >= 4 is 33.5 Å². The molecule has 10 heteroatoms. The first-order chi connectivity index (χ1) is 15.8. The maximum Gasteiger partial charge on any atom is 0.307 e. The first-order valence-corrected chi connectivity index (χ1v) is 12.2. The normalized spacial score (nSPS) is 15.9. The summed E-state index contributed by atoms with van der Waals surface area (Å²) in [4.78, 5) is 24.8. The van der Waals surface area contributed by atoms with Gasteiger partial charge >= 0.3 is 5.97 Å². The molecule has 2 aromatic rings. The molecule has 1 unspecified atom stereocenters. The molecule has 0 saturated carbocycles. The number of carbonyl (C=O) groups excluding carboxylic acids is 2. The number of amides is 1. The Kier molecular flexibility index (Phi) is 8.08. The summed E-state index contributed by atoms with van der Waals surface area (Å²) >= 11 is 5.94. The predicted octanol–water partition coefficient (Wildman–Crippen LogP) is 3.03. The minimum atomic E-state index is -3.84. The lowest BCUT2D eigenvalue weighted by Crippen LogP contribution is -2.44. The molecule has 0 aromatic heterocycles. The van der Waals surface area contributed by atoms with Gasteiger partial charge in [-0.1, -0.05) is 35.9 Å². The average molecular weight is 490 g/mol. The molecule has 1 heterocycles. The lowest BCUT2D eigenvalue weighted by atomic mass is 9.95. The van der Waals surface area contributed by atoms with Crippen molar-refractivity contribution in [3.05, 3.63) is 64.7 Å². The average Bonchev–Trinajstić information content (AvgIpc) is 2.84. The predicted molar refractivity (Wildman–Crippen MR) is 122 cm³/mol. The van der Waals surface area contributed by atoms with Crippen LogP contribution >= 0.6 is 11.6 Å². The number of sulfonamides is 1. The molecule has 1 amide bonds. The van der Waals surface area contributed by atoms with Crippen molar-refractivity contribution in [2.75, 3.05) is 20.2 Å². The maximum absolute atomic E-state index is 13.0. The number of benzene rings is 2. The first kappa shape index (κ1) is 24.7. The van der Waals surface area contributed by atoms with Gasteiger partial charge in [-0.2, -0.15) is 9.57 Å². The van der Waals surface area contributed by atoms with E-state index in [1.54, 1.807) is 36.4 Å². The summed E-state index contributed by atoms with van der Waals surface area (Å²) in [5.41, 5.74) is 0.803. The van der Waals surface area contributed by atoms with Gasteiger partial charge in [0.15, 0.2) is 0 Å². The van der Waals surface area contributed by atoms with Crippen LogP contribution in [0, 0.1) is 17.2 Å². The molecule has 2 aromatic carbocycles. The molecule has 0 radical (unpaired) electrons. The molecular formula is C23H24ClN3O5S. The molecule has 1 aliphatic rings. The SMILES string of the molecule is COC(=O)CC(NC(=O)C1CCN(S(=O)(=O)c2ccccc2C#N)CC1)c1ccc(Cl)cc1. The number of nitrogens with zero attached hydrogens (tertiary/aromatic N) is 2. The number of nitriles is 1. The van der Waals surface area contributed by atoms with Crippen LogP contribution in [-0.2, 0) is 24.3 Å². The molecule has 0 bridgehead atoms. The van der Waals surface area contributed by atoms with Crippen LogP contribution in [0.4, 0.5) is 0 Å². The van der Waals surface area contributed by atoms with Crippen molar-refractivity contribution < 1.29 is 22.7 Å². The van der Waals surface area contributed by atoms with Gasteiger partial charge in [0.25, 0.3) is 0 Å². The summed E-state index contributed by atoms with van der Waals surface area (Å²) in [7, 11) is -2.56. The number of rotatable bonds is 7. The Morgan fingerprint density at radius 2 is 1.82 bits per heavy atom. The highest BCUT2D eigenvalue weighted by Gasteiger charge is 2.34. The van der Waals surface area contributed by atoms with Gasteiger partial charge in [-0.25, -0.2) is 8.42 Å². The second kappa shape index (κ2) is 10.8. The quantitative estimate of drug-likeness (QED) is 0.597. The smallest absolute Gasteiger partial charge is 0.307 e. The topological polar surface area (TPSA) is 117 Å². The zero-order valence-electron chi connectivity index (χ0n) is 18.0. The van der Waals surface area contributed by atoms with E-state index >= 15 is 0 Å². The van der Waals surface area contributed by atoms with Crippen LogP contribution < -0.4 is 5.32 Å². The fourth-order valence-corrected chi connectivity index (χ4v) is 5.51. The van der Waals surface area contributed by atoms with E-state index in [4.69, 9.17) is 16.3 Å². The van der Waals surface area contributed by atoms with E-state index in [1.165, 1.54) is 23.5 Å². The van der Waals surface area contributed by atoms with Crippen molar-refractivity contribution in [3.8, 4) is 6.07 Å². The molecule has 0 spiro atoms. The van der Waals surface area contributed by atoms with E-state index in [-0.39, 0.29) is 35.9 Å². The highest BCUT2D eigenvalue weighted by molar-refractivity contribution is 7.89. The van der Waals surface area contributed by atoms with Crippen LogP contribution in [0.5, 0.6) is 0 Å². The minimum Gasteiger partial charge on any atom is -0.469 e. The first-order valence-electron chi connectivity index (χ1n) is 10.4. The maximum atomic E-state index is 13.0. The number of nitrogens with one attached hydrogen (secondary N) is 1. The molecule has 33 heavy (non-hydrogen) atoms. The van der Waals surface area contributed by atoms with Crippen LogP contribution in [0.2, 0.25) is 5.02 Å². The molecule has 3 rings (SSSR count). The number of hydrogen-bond donors (Lipinski definition) is 1. The zero-order chi connectivity index (χ0) is 24.0. The van der Waals surface area contributed by atoms with Crippen LogP contribution in [0.25, 0.3) is 0 Å². The molecule has 1 N–H and O–H groups in total. The van der Waals surface area contributed by atoms with Crippen molar-refractivity contribution in [2.45, 2.75) is 30.2 Å². The lowest BCUT2D eigenvalue weighted by molar-refractivity contribution is -0.141. The van der Waals surface area contributed by atoms with Crippen molar-refractivity contribution in [2.24, 2.45) is 5.92 Å². The molecule has 8 nitrogen and oxygen atoms in total. The van der Waals surface area contributed by atoms with Gasteiger partial charge in [0.2, 0.25) is 15.9 Å². The Morgan fingerprint density at radius 3 is 2.42 bits per heavy atom. The largest absolute Gasteiger partial charge is 0.469 e. The zero-order valence-corrected chi connectivity index (χ0v) is 19.6. The van der Waals surface area contributed by atoms with Crippen molar-refractivity contribution in [3.63, 3.8) is 0 Å². The van der Waals surface area contributed by atoms with Gasteiger partial charge in [-0.15, -0.1) is 0 Å². The van der Waals surface area contributed by atoms with E-state index in [0.29, 0.717) is 23.4 Å². The van der Waals surface area contributed by atoms with Crippen molar-refractivity contribution in [1.82, 2.24) is 9.62 Å². The van der Waals surface area contributed by atoms with E-state index in [1.807, 2.05) is 6.07 Å². The number of ether oxygens (including phenoxy) is 1. The molecule has 1 atom stereocenters. The van der Waals surface area contributed by atoms with Gasteiger partial charge in [-0.3, -0.25) is 9.59 Å². The summed E-state index contributed by atoms with van der Waals surface area (Å²) in [5.74, 6) is -1.13. The monoisotopic (exact) mass is 489 g/mol. The van der Waals surface area contributed by atoms with Crippen LogP contribution in [0.15, 0.2) is 53.4 Å². The highest BCUT2D eigenvalue weighted by atomic mass is 35.5. The second-order valence-corrected chi connectivity index (χ2v) is 10.0. The van der Waals surface area contributed by atoms with Crippen LogP contribution in [0.3, 0.4) is 0 Å². The highest BCUT2D eigenvalue weighted by Crippen LogP contribution is 2.27. The molecule has 1 aliphatic heterocycles. The van der Waals surface area contributed by atoms with E-state index < -0.39 is 28.0 Å². The fourth-order valence-electron chi connectivity index (χ4n) is 3.77. The van der Waals surface area contributed by atoms with Gasteiger partial charge in [0, 0.05) is 24.0 Å². The van der Waals surface area contributed by atoms with E-state index in [9.17, 15) is 23.3 Å². The number of methoxy groups -OCH3 is 1. The number of halogens is 1. The number of esters is 1. The van der Waals surface area contributed by atoms with Crippen LogP contribution in [0.1, 0.15) is 36.4 Å². The lowest BCUT2D eigenvalue weighted by Gasteiger charge is -2.31. The number of carbonyl (C=O) groups is 2. The van der Waals surface area contributed by atoms with E-state index in [2.05, 4.69) is 5.32 Å². The van der Waals surface area contributed by atoms with Crippen LogP contribution in [-0.4, -0.2) is 44.8 Å². The number of hydrogen-bond acceptors (Lipinski definition) is 6. The molecule has 174 valence electrons. The Balaban J connectivity index is 1.68. The Bertz CT molecular complexity index is 1150. The molecule has 0 aliphatic carbocycles. The molecule has 1 saturated heterocycles.